The highest BCUT2D eigenvalue weighted by molar-refractivity contribution is 5.83. The molecule has 0 saturated heterocycles. The van der Waals surface area contributed by atoms with Crippen molar-refractivity contribution >= 4 is 17.4 Å². The maximum atomic E-state index is 11.6. The van der Waals surface area contributed by atoms with Crippen LogP contribution in [0.2, 0.25) is 0 Å². The van der Waals surface area contributed by atoms with Gasteiger partial charge in [-0.15, -0.1) is 0 Å². The van der Waals surface area contributed by atoms with Gasteiger partial charge in [0.15, 0.2) is 5.78 Å². The molecule has 0 fully saturated rings. The smallest absolute Gasteiger partial charge is 0.308 e. The monoisotopic (exact) mass is 291 g/mol. The van der Waals surface area contributed by atoms with Crippen molar-refractivity contribution in [1.82, 2.24) is 0 Å². The topological polar surface area (TPSA) is 55.4 Å². The summed E-state index contributed by atoms with van der Waals surface area (Å²) in [6, 6.07) is 7.56. The van der Waals surface area contributed by atoms with Crippen molar-refractivity contribution in [3.05, 3.63) is 29.8 Å². The molecule has 0 heterocycles. The summed E-state index contributed by atoms with van der Waals surface area (Å²) in [5.74, 6) is 0.284. The van der Waals surface area contributed by atoms with Gasteiger partial charge in [0.1, 0.15) is 6.61 Å². The van der Waals surface area contributed by atoms with E-state index in [1.54, 1.807) is 0 Å². The molecule has 0 aliphatic rings. The van der Waals surface area contributed by atoms with E-state index in [2.05, 4.69) is 5.32 Å². The number of benzene rings is 1. The van der Waals surface area contributed by atoms with Crippen molar-refractivity contribution in [3.63, 3.8) is 0 Å². The number of Topliss-reactive ketones (excluding diaryl/α,β-unsaturated/α-hetero) is 1. The molecule has 0 amide bonds. The maximum Gasteiger partial charge on any atom is 0.308 e. The number of rotatable bonds is 8. The molecule has 1 N–H and O–H groups in total. The van der Waals surface area contributed by atoms with E-state index in [-0.39, 0.29) is 24.3 Å². The highest BCUT2D eigenvalue weighted by Gasteiger charge is 2.08. The molecule has 0 radical (unpaired) electrons. The zero-order valence-corrected chi connectivity index (χ0v) is 13.3. The van der Waals surface area contributed by atoms with Crippen LogP contribution in [0.25, 0.3) is 0 Å². The first kappa shape index (κ1) is 17.2. The van der Waals surface area contributed by atoms with Crippen LogP contribution in [0.5, 0.6) is 0 Å². The van der Waals surface area contributed by atoms with Crippen LogP contribution in [-0.4, -0.2) is 18.3 Å². The number of carbonyl (C=O) groups excluding carboxylic acids is 2. The molecule has 4 nitrogen and oxygen atoms in total. The summed E-state index contributed by atoms with van der Waals surface area (Å²) in [6.45, 7) is 8.31. The van der Waals surface area contributed by atoms with Gasteiger partial charge in [-0.3, -0.25) is 9.59 Å². The number of hydrogen-bond acceptors (Lipinski definition) is 4. The van der Waals surface area contributed by atoms with E-state index >= 15 is 0 Å². The molecule has 1 rings (SSSR count). The molecule has 0 aliphatic carbocycles. The quantitative estimate of drug-likeness (QED) is 0.746. The van der Waals surface area contributed by atoms with Gasteiger partial charge < -0.3 is 10.1 Å². The van der Waals surface area contributed by atoms with Gasteiger partial charge in [0, 0.05) is 12.1 Å². The van der Waals surface area contributed by atoms with Crippen LogP contribution in [-0.2, 0) is 20.9 Å². The Labute approximate surface area is 126 Å². The molecule has 0 spiro atoms. The SMILES string of the molecule is CC(C)CC(=O)CNc1ccc(COC(=O)C(C)C)cc1. The molecule has 0 bridgehead atoms. The number of esters is 1. The first-order chi connectivity index (χ1) is 9.88. The highest BCUT2D eigenvalue weighted by Crippen LogP contribution is 2.11. The molecule has 1 aromatic carbocycles. The van der Waals surface area contributed by atoms with Gasteiger partial charge in [0.05, 0.1) is 12.5 Å². The summed E-state index contributed by atoms with van der Waals surface area (Å²) < 4.78 is 5.16. The second kappa shape index (κ2) is 8.45. The molecule has 116 valence electrons. The van der Waals surface area contributed by atoms with Crippen LogP contribution in [0.15, 0.2) is 24.3 Å². The Morgan fingerprint density at radius 1 is 1.10 bits per heavy atom. The predicted molar refractivity (Wildman–Crippen MR) is 84.0 cm³/mol. The molecule has 21 heavy (non-hydrogen) atoms. The second-order valence-corrected chi connectivity index (χ2v) is 5.95. The van der Waals surface area contributed by atoms with Gasteiger partial charge in [-0.25, -0.2) is 0 Å². The molecule has 1 aromatic rings. The van der Waals surface area contributed by atoms with E-state index in [0.29, 0.717) is 18.9 Å². The summed E-state index contributed by atoms with van der Waals surface area (Å²) in [5.41, 5.74) is 1.83. The van der Waals surface area contributed by atoms with Crippen molar-refractivity contribution in [3.8, 4) is 0 Å². The Hall–Kier alpha value is -1.84. The predicted octanol–water partition coefficient (Wildman–Crippen LogP) is 3.41. The van der Waals surface area contributed by atoms with Gasteiger partial charge in [0.25, 0.3) is 0 Å². The lowest BCUT2D eigenvalue weighted by molar-refractivity contribution is -0.148. The Morgan fingerprint density at radius 3 is 2.24 bits per heavy atom. The third-order valence-corrected chi connectivity index (χ3v) is 2.93. The van der Waals surface area contributed by atoms with Crippen LogP contribution < -0.4 is 5.32 Å². The first-order valence-corrected chi connectivity index (χ1v) is 7.39. The van der Waals surface area contributed by atoms with Crippen LogP contribution in [0.4, 0.5) is 5.69 Å². The highest BCUT2D eigenvalue weighted by atomic mass is 16.5. The van der Waals surface area contributed by atoms with E-state index in [9.17, 15) is 9.59 Å². The van der Waals surface area contributed by atoms with Gasteiger partial charge in [-0.05, 0) is 23.6 Å². The standard InChI is InChI=1S/C17H25NO3/c1-12(2)9-16(19)10-18-15-7-5-14(6-8-15)11-21-17(20)13(3)4/h5-8,12-13,18H,9-11H2,1-4H3. The Balaban J connectivity index is 2.40. The zero-order valence-electron chi connectivity index (χ0n) is 13.3. The van der Waals surface area contributed by atoms with Crippen molar-refractivity contribution in [2.75, 3.05) is 11.9 Å². The number of anilines is 1. The van der Waals surface area contributed by atoms with Crippen LogP contribution in [0, 0.1) is 11.8 Å². The van der Waals surface area contributed by atoms with Crippen molar-refractivity contribution in [1.29, 1.82) is 0 Å². The molecule has 0 aliphatic heterocycles. The Kier molecular flexibility index (Phi) is 6.92. The zero-order chi connectivity index (χ0) is 15.8. The van der Waals surface area contributed by atoms with E-state index in [1.165, 1.54) is 0 Å². The summed E-state index contributed by atoms with van der Waals surface area (Å²) >= 11 is 0. The normalized spacial score (nSPS) is 10.8. The second-order valence-electron chi connectivity index (χ2n) is 5.95. The minimum absolute atomic E-state index is 0.113. The van der Waals surface area contributed by atoms with Crippen LogP contribution in [0.1, 0.15) is 39.7 Å². The minimum Gasteiger partial charge on any atom is -0.461 e. The number of hydrogen-bond donors (Lipinski definition) is 1. The van der Waals surface area contributed by atoms with Gasteiger partial charge in [-0.1, -0.05) is 39.8 Å². The average Bonchev–Trinajstić information content (AvgIpc) is 2.42. The fourth-order valence-electron chi connectivity index (χ4n) is 1.77. The average molecular weight is 291 g/mol. The minimum atomic E-state index is -0.198. The van der Waals surface area contributed by atoms with Gasteiger partial charge >= 0.3 is 5.97 Å². The third kappa shape index (κ3) is 6.93. The van der Waals surface area contributed by atoms with E-state index in [4.69, 9.17) is 4.74 Å². The summed E-state index contributed by atoms with van der Waals surface area (Å²) in [7, 11) is 0. The van der Waals surface area contributed by atoms with Crippen LogP contribution in [0.3, 0.4) is 0 Å². The molecule has 4 heteroatoms. The van der Waals surface area contributed by atoms with Gasteiger partial charge in [-0.2, -0.15) is 0 Å². The van der Waals surface area contributed by atoms with Crippen molar-refractivity contribution in [2.45, 2.75) is 40.7 Å². The fourth-order valence-corrected chi connectivity index (χ4v) is 1.77. The molecular weight excluding hydrogens is 266 g/mol. The number of ketones is 1. The summed E-state index contributed by atoms with van der Waals surface area (Å²) in [4.78, 5) is 23.0. The molecule has 0 aromatic heterocycles. The summed E-state index contributed by atoms with van der Waals surface area (Å²) in [5, 5.41) is 3.10. The Bertz CT molecular complexity index is 463. The molecule has 0 atom stereocenters. The largest absolute Gasteiger partial charge is 0.461 e. The number of ether oxygens (including phenoxy) is 1. The van der Waals surface area contributed by atoms with E-state index < -0.39 is 0 Å². The van der Waals surface area contributed by atoms with E-state index in [0.717, 1.165) is 11.3 Å². The number of nitrogens with one attached hydrogen (secondary N) is 1. The van der Waals surface area contributed by atoms with E-state index in [1.807, 2.05) is 52.0 Å². The number of carbonyl (C=O) groups is 2. The Morgan fingerprint density at radius 2 is 1.71 bits per heavy atom. The first-order valence-electron chi connectivity index (χ1n) is 7.39. The van der Waals surface area contributed by atoms with Gasteiger partial charge in [0.2, 0.25) is 0 Å². The fraction of sp³-hybridized carbons (Fsp3) is 0.529. The molecule has 0 unspecified atom stereocenters. The van der Waals surface area contributed by atoms with Crippen molar-refractivity contribution < 1.29 is 14.3 Å². The maximum absolute atomic E-state index is 11.6. The lowest BCUT2D eigenvalue weighted by atomic mass is 10.1. The van der Waals surface area contributed by atoms with Crippen molar-refractivity contribution in [2.24, 2.45) is 11.8 Å². The third-order valence-electron chi connectivity index (χ3n) is 2.93. The lowest BCUT2D eigenvalue weighted by Crippen LogP contribution is -2.15. The summed E-state index contributed by atoms with van der Waals surface area (Å²) in [6.07, 6.45) is 0.593. The lowest BCUT2D eigenvalue weighted by Gasteiger charge is -2.09. The molecule has 0 saturated carbocycles. The molecular formula is C17H25NO3. The van der Waals surface area contributed by atoms with Crippen LogP contribution >= 0.6 is 0 Å².